The lowest BCUT2D eigenvalue weighted by atomic mass is 10.2. The van der Waals surface area contributed by atoms with Gasteiger partial charge in [0.2, 0.25) is 5.91 Å². The van der Waals surface area contributed by atoms with Gasteiger partial charge in [-0.2, -0.15) is 13.2 Å². The highest BCUT2D eigenvalue weighted by atomic mass is 35.5. The molecule has 0 aliphatic carbocycles. The summed E-state index contributed by atoms with van der Waals surface area (Å²) in [5.41, 5.74) is -0.884. The zero-order valence-corrected chi connectivity index (χ0v) is 15.1. The van der Waals surface area contributed by atoms with E-state index in [2.05, 4.69) is 10.6 Å². The number of anilines is 1. The van der Waals surface area contributed by atoms with Crippen molar-refractivity contribution in [2.75, 3.05) is 11.9 Å². The van der Waals surface area contributed by atoms with Gasteiger partial charge >= 0.3 is 6.18 Å². The molecule has 0 atom stereocenters. The van der Waals surface area contributed by atoms with Gasteiger partial charge in [-0.15, -0.1) is 11.3 Å². The van der Waals surface area contributed by atoms with E-state index in [4.69, 9.17) is 11.6 Å². The zero-order chi connectivity index (χ0) is 19.6. The molecule has 0 radical (unpaired) electrons. The molecule has 2 amide bonds. The Morgan fingerprint density at radius 3 is 2.52 bits per heavy atom. The lowest BCUT2D eigenvalue weighted by molar-refractivity contribution is -0.137. The summed E-state index contributed by atoms with van der Waals surface area (Å²) >= 11 is 7.39. The van der Waals surface area contributed by atoms with E-state index < -0.39 is 30.1 Å². The normalized spacial score (nSPS) is 11.4. The number of halogens is 4. The van der Waals surface area contributed by atoms with Gasteiger partial charge < -0.3 is 10.6 Å². The molecular weight excluding hydrogens is 401 g/mol. The van der Waals surface area contributed by atoms with E-state index in [-0.39, 0.29) is 10.6 Å². The van der Waals surface area contributed by atoms with Crippen molar-refractivity contribution in [1.29, 1.82) is 0 Å². The zero-order valence-electron chi connectivity index (χ0n) is 13.6. The molecule has 0 saturated carbocycles. The summed E-state index contributed by atoms with van der Waals surface area (Å²) in [5.74, 6) is -1.18. The fraction of sp³-hybridized carbons (Fsp3) is 0.111. The van der Waals surface area contributed by atoms with Crippen LogP contribution < -0.4 is 10.6 Å². The fourth-order valence-corrected chi connectivity index (χ4v) is 3.81. The van der Waals surface area contributed by atoms with Crippen LogP contribution in [0, 0.1) is 0 Å². The number of thiophene rings is 1. The molecule has 0 fully saturated rings. The number of hydrogen-bond donors (Lipinski definition) is 2. The van der Waals surface area contributed by atoms with E-state index in [0.717, 1.165) is 22.2 Å². The second-order valence-corrected chi connectivity index (χ2v) is 6.98. The largest absolute Gasteiger partial charge is 0.416 e. The van der Waals surface area contributed by atoms with Crippen molar-refractivity contribution in [2.24, 2.45) is 0 Å². The average Bonchev–Trinajstić information content (AvgIpc) is 2.96. The second-order valence-electron chi connectivity index (χ2n) is 5.55. The SMILES string of the molecule is O=C(CNC(=O)c1sc2ccccc2c1Cl)Nc1cccc(C(F)(F)F)c1. The Balaban J connectivity index is 1.63. The Labute approximate surface area is 160 Å². The number of alkyl halides is 3. The van der Waals surface area contributed by atoms with Crippen molar-refractivity contribution in [3.8, 4) is 0 Å². The molecule has 0 unspecified atom stereocenters. The number of fused-ring (bicyclic) bond motifs is 1. The van der Waals surface area contributed by atoms with E-state index >= 15 is 0 Å². The minimum atomic E-state index is -4.51. The van der Waals surface area contributed by atoms with Gasteiger partial charge in [0.15, 0.2) is 0 Å². The predicted molar refractivity (Wildman–Crippen MR) is 99.2 cm³/mol. The molecule has 2 aromatic carbocycles. The van der Waals surface area contributed by atoms with Crippen molar-refractivity contribution < 1.29 is 22.8 Å². The maximum absolute atomic E-state index is 12.7. The molecule has 2 N–H and O–H groups in total. The molecular formula is C18H12ClF3N2O2S. The van der Waals surface area contributed by atoms with E-state index in [1.807, 2.05) is 12.1 Å². The Hall–Kier alpha value is -2.58. The van der Waals surface area contributed by atoms with Gasteiger partial charge in [0.05, 0.1) is 17.1 Å². The summed E-state index contributed by atoms with van der Waals surface area (Å²) < 4.78 is 38.9. The average molecular weight is 413 g/mol. The maximum Gasteiger partial charge on any atom is 0.416 e. The molecule has 4 nitrogen and oxygen atoms in total. The van der Waals surface area contributed by atoms with Crippen LogP contribution in [-0.2, 0) is 11.0 Å². The number of nitrogens with one attached hydrogen (secondary N) is 2. The third kappa shape index (κ3) is 4.40. The number of carbonyl (C=O) groups excluding carboxylic acids is 2. The molecule has 3 aromatic rings. The van der Waals surface area contributed by atoms with Crippen molar-refractivity contribution in [1.82, 2.24) is 5.32 Å². The van der Waals surface area contributed by atoms with Crippen LogP contribution in [0.15, 0.2) is 48.5 Å². The molecule has 0 aliphatic heterocycles. The minimum Gasteiger partial charge on any atom is -0.342 e. The summed E-state index contributed by atoms with van der Waals surface area (Å²) in [6.45, 7) is -0.403. The molecule has 140 valence electrons. The lowest BCUT2D eigenvalue weighted by Crippen LogP contribution is -2.32. The van der Waals surface area contributed by atoms with Crippen molar-refractivity contribution >= 4 is 50.5 Å². The first-order valence-electron chi connectivity index (χ1n) is 7.68. The monoisotopic (exact) mass is 412 g/mol. The van der Waals surface area contributed by atoms with E-state index in [9.17, 15) is 22.8 Å². The number of amides is 2. The number of benzene rings is 2. The maximum atomic E-state index is 12.7. The first-order chi connectivity index (χ1) is 12.8. The van der Waals surface area contributed by atoms with E-state index in [1.165, 1.54) is 23.5 Å². The van der Waals surface area contributed by atoms with Crippen LogP contribution in [0.5, 0.6) is 0 Å². The smallest absolute Gasteiger partial charge is 0.342 e. The lowest BCUT2D eigenvalue weighted by Gasteiger charge is -2.10. The molecule has 0 spiro atoms. The van der Waals surface area contributed by atoms with Crippen molar-refractivity contribution in [2.45, 2.75) is 6.18 Å². The highest BCUT2D eigenvalue weighted by Crippen LogP contribution is 2.35. The van der Waals surface area contributed by atoms with Crippen LogP contribution in [0.2, 0.25) is 5.02 Å². The standard InChI is InChI=1S/C18H12ClF3N2O2S/c19-15-12-6-1-2-7-13(12)27-16(15)17(26)23-9-14(25)24-11-5-3-4-10(8-11)18(20,21)22/h1-8H,9H2,(H,23,26)(H,24,25). The molecule has 0 aliphatic rings. The Kier molecular flexibility index (Phi) is 5.38. The minimum absolute atomic E-state index is 0.0102. The van der Waals surface area contributed by atoms with Gasteiger partial charge in [-0.1, -0.05) is 35.9 Å². The molecule has 9 heteroatoms. The van der Waals surface area contributed by atoms with Gasteiger partial charge in [0.1, 0.15) is 4.88 Å². The van der Waals surface area contributed by atoms with Gasteiger partial charge in [0.25, 0.3) is 5.91 Å². The first kappa shape index (κ1) is 19.2. The summed E-state index contributed by atoms with van der Waals surface area (Å²) in [6, 6.07) is 11.5. The quantitative estimate of drug-likeness (QED) is 0.637. The van der Waals surface area contributed by atoms with Gasteiger partial charge in [-0.25, -0.2) is 0 Å². The Morgan fingerprint density at radius 2 is 1.81 bits per heavy atom. The topological polar surface area (TPSA) is 58.2 Å². The summed E-state index contributed by atoms with van der Waals surface area (Å²) in [4.78, 5) is 24.5. The van der Waals surface area contributed by atoms with Crippen LogP contribution in [0.1, 0.15) is 15.2 Å². The third-order valence-corrected chi connectivity index (χ3v) is 5.30. The van der Waals surface area contributed by atoms with Gasteiger partial charge in [0, 0.05) is 15.8 Å². The van der Waals surface area contributed by atoms with Crippen molar-refractivity contribution in [3.63, 3.8) is 0 Å². The van der Waals surface area contributed by atoms with Crippen LogP contribution in [-0.4, -0.2) is 18.4 Å². The molecule has 3 rings (SSSR count). The van der Waals surface area contributed by atoms with Crippen LogP contribution in [0.3, 0.4) is 0 Å². The van der Waals surface area contributed by atoms with E-state index in [0.29, 0.717) is 5.02 Å². The highest BCUT2D eigenvalue weighted by Gasteiger charge is 2.30. The highest BCUT2D eigenvalue weighted by molar-refractivity contribution is 7.21. The Bertz CT molecular complexity index is 1020. The summed E-state index contributed by atoms with van der Waals surface area (Å²) in [6.07, 6.45) is -4.51. The van der Waals surface area contributed by atoms with Gasteiger partial charge in [-0.3, -0.25) is 9.59 Å². The number of carbonyl (C=O) groups is 2. The van der Waals surface area contributed by atoms with Crippen molar-refractivity contribution in [3.05, 3.63) is 64.0 Å². The van der Waals surface area contributed by atoms with Crippen LogP contribution in [0.25, 0.3) is 10.1 Å². The van der Waals surface area contributed by atoms with Crippen LogP contribution >= 0.6 is 22.9 Å². The number of rotatable bonds is 4. The fourth-order valence-electron chi connectivity index (χ4n) is 2.38. The molecule has 27 heavy (non-hydrogen) atoms. The number of hydrogen-bond acceptors (Lipinski definition) is 3. The van der Waals surface area contributed by atoms with Gasteiger partial charge in [-0.05, 0) is 24.3 Å². The molecule has 0 bridgehead atoms. The van der Waals surface area contributed by atoms with E-state index in [1.54, 1.807) is 12.1 Å². The summed E-state index contributed by atoms with van der Waals surface area (Å²) in [5, 5.41) is 5.77. The predicted octanol–water partition coefficient (Wildman–Crippen LogP) is 4.94. The molecule has 1 heterocycles. The first-order valence-corrected chi connectivity index (χ1v) is 8.87. The molecule has 1 aromatic heterocycles. The van der Waals surface area contributed by atoms with Crippen LogP contribution in [0.4, 0.5) is 18.9 Å². The second kappa shape index (κ2) is 7.58. The summed E-state index contributed by atoms with van der Waals surface area (Å²) in [7, 11) is 0. The third-order valence-electron chi connectivity index (χ3n) is 3.62. The molecule has 0 saturated heterocycles. The Morgan fingerprint density at radius 1 is 1.07 bits per heavy atom.